The molecule has 0 unspecified atom stereocenters. The van der Waals surface area contributed by atoms with Gasteiger partial charge in [0.2, 0.25) is 23.1 Å². The number of carbonyl (C=O) groups excluding carboxylic acids is 4. The summed E-state index contributed by atoms with van der Waals surface area (Å²) in [5.41, 5.74) is 17.7. The quantitative estimate of drug-likeness (QED) is 0.180. The summed E-state index contributed by atoms with van der Waals surface area (Å²) in [4.78, 5) is 60.5. The molecule has 2 aromatic carbocycles. The van der Waals surface area contributed by atoms with E-state index in [0.717, 1.165) is 11.0 Å². The Morgan fingerprint density at radius 2 is 1.07 bits per heavy atom. The lowest BCUT2D eigenvalue weighted by Gasteiger charge is -2.17. The molecule has 0 aliphatic heterocycles. The van der Waals surface area contributed by atoms with Gasteiger partial charge in [0.1, 0.15) is 11.4 Å². The SMILES string of the molecule is CCn1nc(C)cc1C(=O)N=c1n(C)c2cc(C(N)=O)ccc2n1CCC(CCn1c(=NC(=O)c2cc(C)nn2CC)n(C)c2cc(C(N)=O)ccc21)OC. The zero-order valence-corrected chi connectivity index (χ0v) is 32.1. The Kier molecular flexibility index (Phi) is 10.8. The van der Waals surface area contributed by atoms with E-state index >= 15 is 0 Å². The lowest BCUT2D eigenvalue weighted by atomic mass is 10.1. The predicted molar refractivity (Wildman–Crippen MR) is 204 cm³/mol. The number of nitrogens with zero attached hydrogens (tertiary/aromatic N) is 10. The first-order valence-electron chi connectivity index (χ1n) is 18.0. The van der Waals surface area contributed by atoms with Crippen LogP contribution in [-0.2, 0) is 45.0 Å². The van der Waals surface area contributed by atoms with Crippen molar-refractivity contribution in [1.29, 1.82) is 0 Å². The van der Waals surface area contributed by atoms with E-state index in [9.17, 15) is 19.2 Å². The van der Waals surface area contributed by atoms with Crippen LogP contribution >= 0.6 is 0 Å². The minimum absolute atomic E-state index is 0.291. The van der Waals surface area contributed by atoms with E-state index in [1.54, 1.807) is 88.2 Å². The van der Waals surface area contributed by atoms with Crippen molar-refractivity contribution in [1.82, 2.24) is 37.8 Å². The van der Waals surface area contributed by atoms with Gasteiger partial charge in [0.25, 0.3) is 11.8 Å². The number of fused-ring (bicyclic) bond motifs is 2. The summed E-state index contributed by atoms with van der Waals surface area (Å²) in [6.07, 6.45) is 0.733. The zero-order valence-electron chi connectivity index (χ0n) is 32.1. The molecular formula is C38H46N12O5. The first kappa shape index (κ1) is 38.4. The van der Waals surface area contributed by atoms with Crippen molar-refractivity contribution in [2.45, 2.75) is 72.8 Å². The summed E-state index contributed by atoms with van der Waals surface area (Å²) in [7, 11) is 5.21. The van der Waals surface area contributed by atoms with Crippen LogP contribution in [0.2, 0.25) is 0 Å². The van der Waals surface area contributed by atoms with Crippen molar-refractivity contribution in [2.24, 2.45) is 35.5 Å². The van der Waals surface area contributed by atoms with Gasteiger partial charge >= 0.3 is 0 Å². The fourth-order valence-electron chi connectivity index (χ4n) is 6.99. The van der Waals surface area contributed by atoms with Crippen LogP contribution in [0.25, 0.3) is 22.1 Å². The van der Waals surface area contributed by atoms with E-state index in [2.05, 4.69) is 20.2 Å². The Morgan fingerprint density at radius 3 is 1.42 bits per heavy atom. The first-order chi connectivity index (χ1) is 26.3. The molecule has 0 saturated heterocycles. The molecule has 0 atom stereocenters. The standard InChI is InChI=1S/C38H46N12O5/c1-8-49-31(18-22(3)43-49)35(53)41-37-45(5)29-20-24(33(39)51)10-12-27(29)47(37)16-14-26(55-7)15-17-48-28-13-11-25(34(40)52)21-30(28)46(6)38(48)42-36(54)32-19-23(4)44-50(32)9-2/h10-13,18-21,26H,8-9,14-17H2,1-7H3,(H2,39,51)(H2,40,52). The van der Waals surface area contributed by atoms with Crippen LogP contribution in [0, 0.1) is 13.8 Å². The number of primary amides is 2. The summed E-state index contributed by atoms with van der Waals surface area (Å²) >= 11 is 0. The molecule has 4 heterocycles. The normalized spacial score (nSPS) is 13.0. The molecule has 0 radical (unpaired) electrons. The van der Waals surface area contributed by atoms with E-state index in [1.807, 2.05) is 36.8 Å². The zero-order chi connectivity index (χ0) is 39.7. The molecule has 0 aliphatic rings. The number of nitrogens with two attached hydrogens (primary N) is 2. The molecule has 17 heteroatoms. The molecule has 0 saturated carbocycles. The van der Waals surface area contributed by atoms with Gasteiger partial charge in [0, 0.05) is 58.5 Å². The number of hydrogen-bond acceptors (Lipinski definition) is 7. The van der Waals surface area contributed by atoms with E-state index in [1.165, 1.54) is 0 Å². The van der Waals surface area contributed by atoms with E-state index < -0.39 is 23.6 Å². The van der Waals surface area contributed by atoms with Gasteiger partial charge in [-0.3, -0.25) is 28.5 Å². The Bertz CT molecular complexity index is 2450. The monoisotopic (exact) mass is 750 g/mol. The fourth-order valence-corrected chi connectivity index (χ4v) is 6.99. The van der Waals surface area contributed by atoms with Gasteiger partial charge in [-0.1, -0.05) is 0 Å². The Labute approximate surface area is 316 Å². The third kappa shape index (κ3) is 7.42. The summed E-state index contributed by atoms with van der Waals surface area (Å²) < 4.78 is 16.6. The summed E-state index contributed by atoms with van der Waals surface area (Å²) in [5, 5.41) is 8.81. The van der Waals surface area contributed by atoms with Crippen LogP contribution in [0.15, 0.2) is 58.5 Å². The average molecular weight is 751 g/mol. The Balaban J connectivity index is 1.36. The lowest BCUT2D eigenvalue weighted by molar-refractivity contribution is 0.0801. The van der Waals surface area contributed by atoms with Gasteiger partial charge in [0.05, 0.1) is 39.6 Å². The van der Waals surface area contributed by atoms with Crippen LogP contribution in [0.1, 0.15) is 79.8 Å². The third-order valence-corrected chi connectivity index (χ3v) is 9.83. The second-order valence-electron chi connectivity index (χ2n) is 13.4. The smallest absolute Gasteiger partial charge is 0.298 e. The topological polar surface area (TPSA) is 210 Å². The van der Waals surface area contributed by atoms with Gasteiger partial charge in [-0.05, 0) is 89.1 Å². The van der Waals surface area contributed by atoms with Crippen molar-refractivity contribution in [2.75, 3.05) is 7.11 Å². The molecule has 6 aromatic rings. The second kappa shape index (κ2) is 15.5. The molecule has 6 rings (SSSR count). The van der Waals surface area contributed by atoms with E-state index in [-0.39, 0.29) is 6.10 Å². The van der Waals surface area contributed by atoms with Crippen molar-refractivity contribution >= 4 is 45.7 Å². The molecule has 288 valence electrons. The third-order valence-electron chi connectivity index (χ3n) is 9.83. The molecule has 4 N–H and O–H groups in total. The van der Waals surface area contributed by atoms with Crippen molar-refractivity contribution in [3.05, 3.63) is 93.7 Å². The maximum Gasteiger partial charge on any atom is 0.298 e. The fraction of sp³-hybridized carbons (Fsp3) is 0.368. The second-order valence-corrected chi connectivity index (χ2v) is 13.4. The molecule has 4 amide bonds. The van der Waals surface area contributed by atoms with Crippen LogP contribution in [0.4, 0.5) is 0 Å². The number of benzene rings is 2. The largest absolute Gasteiger partial charge is 0.381 e. The molecule has 17 nitrogen and oxygen atoms in total. The number of ether oxygens (including phenoxy) is 1. The van der Waals surface area contributed by atoms with Crippen molar-refractivity contribution in [3.63, 3.8) is 0 Å². The van der Waals surface area contributed by atoms with Crippen LogP contribution in [0.3, 0.4) is 0 Å². The van der Waals surface area contributed by atoms with Gasteiger partial charge in [0.15, 0.2) is 0 Å². The maximum atomic E-state index is 13.6. The highest BCUT2D eigenvalue weighted by molar-refractivity contribution is 5.98. The highest BCUT2D eigenvalue weighted by Gasteiger charge is 2.20. The van der Waals surface area contributed by atoms with Crippen LogP contribution in [-0.4, -0.2) is 74.7 Å². The Hall–Kier alpha value is -6.36. The number of aryl methyl sites for hydroxylation is 8. The molecule has 0 fully saturated rings. The molecule has 55 heavy (non-hydrogen) atoms. The van der Waals surface area contributed by atoms with Crippen molar-refractivity contribution in [3.8, 4) is 0 Å². The lowest BCUT2D eigenvalue weighted by Crippen LogP contribution is -2.30. The van der Waals surface area contributed by atoms with Gasteiger partial charge in [-0.15, -0.1) is 0 Å². The van der Waals surface area contributed by atoms with Crippen LogP contribution in [0.5, 0.6) is 0 Å². The average Bonchev–Trinajstić information content (AvgIpc) is 3.89. The molecule has 0 aliphatic carbocycles. The van der Waals surface area contributed by atoms with Crippen LogP contribution < -0.4 is 22.7 Å². The maximum absolute atomic E-state index is 13.6. The highest BCUT2D eigenvalue weighted by Crippen LogP contribution is 2.20. The minimum Gasteiger partial charge on any atom is -0.381 e. The Morgan fingerprint density at radius 1 is 0.673 bits per heavy atom. The van der Waals surface area contributed by atoms with Gasteiger partial charge in [-0.25, -0.2) is 0 Å². The highest BCUT2D eigenvalue weighted by atomic mass is 16.5. The summed E-state index contributed by atoms with van der Waals surface area (Å²) in [5.74, 6) is -2.03. The van der Waals surface area contributed by atoms with E-state index in [0.29, 0.717) is 95.2 Å². The minimum atomic E-state index is -0.568. The molecule has 0 bridgehead atoms. The number of amides is 4. The number of carbonyl (C=O) groups is 4. The number of hydrogen-bond donors (Lipinski definition) is 2. The van der Waals surface area contributed by atoms with E-state index in [4.69, 9.17) is 16.2 Å². The number of methoxy groups -OCH3 is 1. The number of imidazole rings is 2. The summed E-state index contributed by atoms with van der Waals surface area (Å²) in [6, 6.07) is 13.7. The number of rotatable bonds is 13. The number of aromatic nitrogens is 8. The molecule has 0 spiro atoms. The van der Waals surface area contributed by atoms with Crippen molar-refractivity contribution < 1.29 is 23.9 Å². The van der Waals surface area contributed by atoms with Gasteiger partial charge in [-0.2, -0.15) is 20.2 Å². The summed E-state index contributed by atoms with van der Waals surface area (Å²) in [6.45, 7) is 9.27. The predicted octanol–water partition coefficient (Wildman–Crippen LogP) is 2.50. The molecule has 4 aromatic heterocycles. The molecular weight excluding hydrogens is 704 g/mol. The first-order valence-corrected chi connectivity index (χ1v) is 18.0. The van der Waals surface area contributed by atoms with Gasteiger partial charge < -0.3 is 34.5 Å².